The molecule has 0 spiro atoms. The lowest BCUT2D eigenvalue weighted by molar-refractivity contribution is -0.133. The van der Waals surface area contributed by atoms with Gasteiger partial charge in [-0.25, -0.2) is 8.42 Å². The Kier molecular flexibility index (Phi) is 7.00. The summed E-state index contributed by atoms with van der Waals surface area (Å²) in [5.74, 6) is 1.24. The monoisotopic (exact) mass is 479 g/mol. The molecule has 2 aliphatic rings. The van der Waals surface area contributed by atoms with Crippen molar-refractivity contribution in [3.8, 4) is 0 Å². The summed E-state index contributed by atoms with van der Waals surface area (Å²) in [6.45, 7) is 2.18. The third-order valence-electron chi connectivity index (χ3n) is 5.40. The van der Waals surface area contributed by atoms with Crippen LogP contribution >= 0.6 is 23.1 Å². The molecule has 10 heteroatoms. The van der Waals surface area contributed by atoms with Crippen molar-refractivity contribution in [1.29, 1.82) is 0 Å². The summed E-state index contributed by atoms with van der Waals surface area (Å²) in [4.78, 5) is 27.1. The van der Waals surface area contributed by atoms with E-state index in [2.05, 4.69) is 5.32 Å². The lowest BCUT2D eigenvalue weighted by Crippen LogP contribution is -2.38. The first kappa shape index (κ1) is 22.3. The van der Waals surface area contributed by atoms with Gasteiger partial charge >= 0.3 is 0 Å². The van der Waals surface area contributed by atoms with Gasteiger partial charge in [0.25, 0.3) is 5.91 Å². The smallest absolute Gasteiger partial charge is 0.267 e. The maximum atomic E-state index is 13.0. The molecule has 31 heavy (non-hydrogen) atoms. The van der Waals surface area contributed by atoms with Crippen LogP contribution in [0.5, 0.6) is 0 Å². The Morgan fingerprint density at radius 2 is 1.90 bits per heavy atom. The normalized spacial score (nSPS) is 18.2. The fraction of sp³-hybridized carbons (Fsp3) is 0.429. The lowest BCUT2D eigenvalue weighted by atomic mass is 10.1. The molecule has 0 radical (unpaired) electrons. The molecule has 0 atom stereocenters. The summed E-state index contributed by atoms with van der Waals surface area (Å²) in [6.07, 6.45) is 2.53. The SMILES string of the molecule is O=C(Nc1cccc(CN2CCCCC2=O)c1)c1sccc1S(=O)(=O)N1CCSCC1. The van der Waals surface area contributed by atoms with E-state index >= 15 is 0 Å². The number of hydrogen-bond donors (Lipinski definition) is 1. The molecule has 2 aromatic rings. The van der Waals surface area contributed by atoms with Crippen LogP contribution in [0.15, 0.2) is 40.6 Å². The third-order valence-corrected chi connectivity index (χ3v) is 9.33. The minimum absolute atomic E-state index is 0.0666. The topological polar surface area (TPSA) is 86.8 Å². The van der Waals surface area contributed by atoms with Crippen LogP contribution in [0.4, 0.5) is 5.69 Å². The molecule has 2 aliphatic heterocycles. The highest BCUT2D eigenvalue weighted by molar-refractivity contribution is 7.99. The summed E-state index contributed by atoms with van der Waals surface area (Å²) >= 11 is 2.86. The largest absolute Gasteiger partial charge is 0.338 e. The average Bonchev–Trinajstić information content (AvgIpc) is 3.27. The van der Waals surface area contributed by atoms with Gasteiger partial charge in [-0.3, -0.25) is 9.59 Å². The van der Waals surface area contributed by atoms with Gasteiger partial charge in [0, 0.05) is 49.8 Å². The third kappa shape index (κ3) is 5.14. The van der Waals surface area contributed by atoms with E-state index in [-0.39, 0.29) is 15.7 Å². The van der Waals surface area contributed by atoms with Crippen molar-refractivity contribution >= 4 is 50.6 Å². The van der Waals surface area contributed by atoms with Crippen molar-refractivity contribution in [2.45, 2.75) is 30.7 Å². The second-order valence-electron chi connectivity index (χ2n) is 7.56. The first-order valence-corrected chi connectivity index (χ1v) is 13.8. The molecule has 0 bridgehead atoms. The van der Waals surface area contributed by atoms with Gasteiger partial charge < -0.3 is 10.2 Å². The number of piperidine rings is 1. The molecule has 1 aromatic carbocycles. The zero-order chi connectivity index (χ0) is 21.8. The fourth-order valence-electron chi connectivity index (χ4n) is 3.78. The predicted molar refractivity (Wildman–Crippen MR) is 124 cm³/mol. The molecule has 2 saturated heterocycles. The van der Waals surface area contributed by atoms with Crippen molar-refractivity contribution in [1.82, 2.24) is 9.21 Å². The number of anilines is 1. The van der Waals surface area contributed by atoms with E-state index in [1.54, 1.807) is 23.2 Å². The molecule has 2 fully saturated rings. The number of sulfonamides is 1. The number of likely N-dealkylation sites (tertiary alicyclic amines) is 1. The highest BCUT2D eigenvalue weighted by atomic mass is 32.2. The summed E-state index contributed by atoms with van der Waals surface area (Å²) in [5, 5.41) is 4.47. The fourth-order valence-corrected chi connectivity index (χ4v) is 7.65. The van der Waals surface area contributed by atoms with Crippen LogP contribution in [0, 0.1) is 0 Å². The number of hydrogen-bond acceptors (Lipinski definition) is 6. The lowest BCUT2D eigenvalue weighted by Gasteiger charge is -2.27. The number of carbonyl (C=O) groups is 2. The van der Waals surface area contributed by atoms with Crippen molar-refractivity contribution in [3.05, 3.63) is 46.2 Å². The number of nitrogens with one attached hydrogen (secondary N) is 1. The maximum Gasteiger partial charge on any atom is 0.267 e. The Hall–Kier alpha value is -1.88. The number of carbonyl (C=O) groups excluding carboxylic acids is 2. The minimum Gasteiger partial charge on any atom is -0.338 e. The highest BCUT2D eigenvalue weighted by Crippen LogP contribution is 2.28. The van der Waals surface area contributed by atoms with E-state index in [0.717, 1.165) is 47.8 Å². The average molecular weight is 480 g/mol. The predicted octanol–water partition coefficient (Wildman–Crippen LogP) is 3.25. The number of amides is 2. The highest BCUT2D eigenvalue weighted by Gasteiger charge is 2.31. The summed E-state index contributed by atoms with van der Waals surface area (Å²) < 4.78 is 27.5. The molecular formula is C21H25N3O4S3. The first-order valence-electron chi connectivity index (χ1n) is 10.3. The summed E-state index contributed by atoms with van der Waals surface area (Å²) in [6, 6.07) is 8.87. The van der Waals surface area contributed by atoms with Crippen LogP contribution in [-0.4, -0.2) is 60.6 Å². The van der Waals surface area contributed by atoms with Crippen LogP contribution in [0.3, 0.4) is 0 Å². The van der Waals surface area contributed by atoms with Crippen molar-refractivity contribution in [2.24, 2.45) is 0 Å². The van der Waals surface area contributed by atoms with E-state index < -0.39 is 15.9 Å². The van der Waals surface area contributed by atoms with Gasteiger partial charge in [-0.1, -0.05) is 12.1 Å². The Balaban J connectivity index is 1.48. The van der Waals surface area contributed by atoms with Crippen molar-refractivity contribution < 1.29 is 18.0 Å². The minimum atomic E-state index is -3.69. The number of nitrogens with zero attached hydrogens (tertiary/aromatic N) is 2. The molecule has 2 amide bonds. The van der Waals surface area contributed by atoms with Crippen LogP contribution in [0.2, 0.25) is 0 Å². The second-order valence-corrected chi connectivity index (χ2v) is 11.6. The molecule has 1 aromatic heterocycles. The van der Waals surface area contributed by atoms with Crippen LogP contribution in [0.25, 0.3) is 0 Å². The second kappa shape index (κ2) is 9.72. The Morgan fingerprint density at radius 1 is 1.10 bits per heavy atom. The number of rotatable bonds is 6. The van der Waals surface area contributed by atoms with E-state index in [0.29, 0.717) is 31.7 Å². The zero-order valence-electron chi connectivity index (χ0n) is 17.1. The Morgan fingerprint density at radius 3 is 2.68 bits per heavy atom. The maximum absolute atomic E-state index is 13.0. The van der Waals surface area contributed by atoms with Crippen molar-refractivity contribution in [2.75, 3.05) is 36.5 Å². The van der Waals surface area contributed by atoms with Crippen LogP contribution in [0.1, 0.15) is 34.5 Å². The van der Waals surface area contributed by atoms with Gasteiger partial charge in [0.15, 0.2) is 0 Å². The molecule has 1 N–H and O–H groups in total. The van der Waals surface area contributed by atoms with E-state index in [1.807, 2.05) is 23.1 Å². The van der Waals surface area contributed by atoms with E-state index in [4.69, 9.17) is 0 Å². The van der Waals surface area contributed by atoms with Gasteiger partial charge in [-0.2, -0.15) is 16.1 Å². The number of thioether (sulfide) groups is 1. The molecule has 3 heterocycles. The molecule has 166 valence electrons. The zero-order valence-corrected chi connectivity index (χ0v) is 19.5. The number of benzene rings is 1. The van der Waals surface area contributed by atoms with Gasteiger partial charge in [0.1, 0.15) is 9.77 Å². The van der Waals surface area contributed by atoms with Crippen LogP contribution in [-0.2, 0) is 21.4 Å². The van der Waals surface area contributed by atoms with Gasteiger partial charge in [0.2, 0.25) is 15.9 Å². The Labute approximate surface area is 190 Å². The molecule has 7 nitrogen and oxygen atoms in total. The van der Waals surface area contributed by atoms with Gasteiger partial charge in [-0.05, 0) is 42.0 Å². The van der Waals surface area contributed by atoms with Gasteiger partial charge in [0.05, 0.1) is 0 Å². The van der Waals surface area contributed by atoms with Crippen LogP contribution < -0.4 is 5.32 Å². The molecule has 0 unspecified atom stereocenters. The molecule has 0 saturated carbocycles. The first-order chi connectivity index (χ1) is 14.9. The number of thiophene rings is 1. The molecule has 4 rings (SSSR count). The molecular weight excluding hydrogens is 454 g/mol. The Bertz CT molecular complexity index is 1060. The van der Waals surface area contributed by atoms with E-state index in [9.17, 15) is 18.0 Å². The molecule has 0 aliphatic carbocycles. The van der Waals surface area contributed by atoms with Crippen molar-refractivity contribution in [3.63, 3.8) is 0 Å². The quantitative estimate of drug-likeness (QED) is 0.687. The summed E-state index contributed by atoms with van der Waals surface area (Å²) in [5.41, 5.74) is 1.51. The van der Waals surface area contributed by atoms with E-state index in [1.165, 1.54) is 10.4 Å². The van der Waals surface area contributed by atoms with Gasteiger partial charge in [-0.15, -0.1) is 11.3 Å². The standard InChI is InChI=1S/C21H25N3O4S3/c25-19-6-1-2-8-23(19)15-16-4-3-5-17(14-16)22-21(26)20-18(7-11-30-20)31(27,28)24-9-12-29-13-10-24/h3-5,7,11,14H,1-2,6,8-10,12-13,15H2,(H,22,26). The summed E-state index contributed by atoms with van der Waals surface area (Å²) in [7, 11) is -3.69.